The summed E-state index contributed by atoms with van der Waals surface area (Å²) >= 11 is 0. The van der Waals surface area contributed by atoms with Crippen molar-refractivity contribution in [3.8, 4) is 0 Å². The largest absolute Gasteiger partial charge is 0.480 e. The highest BCUT2D eigenvalue weighted by Crippen LogP contribution is 2.18. The smallest absolute Gasteiger partial charge is 0.326 e. The Bertz CT molecular complexity index is 783. The number of nitrogens with one attached hydrogen (secondary N) is 2. The molecule has 9 nitrogen and oxygen atoms in total. The summed E-state index contributed by atoms with van der Waals surface area (Å²) in [5, 5.41) is 14.8. The third-order valence-electron chi connectivity index (χ3n) is 5.29. The van der Waals surface area contributed by atoms with Crippen molar-refractivity contribution < 1.29 is 24.3 Å². The van der Waals surface area contributed by atoms with E-state index in [1.54, 1.807) is 0 Å². The first kappa shape index (κ1) is 24.3. The van der Waals surface area contributed by atoms with Crippen molar-refractivity contribution in [1.82, 2.24) is 15.5 Å². The number of amides is 3. The Morgan fingerprint density at radius 1 is 1.13 bits per heavy atom. The second-order valence-electron chi connectivity index (χ2n) is 8.23. The molecule has 0 aliphatic carbocycles. The Hall–Kier alpha value is -2.94. The van der Waals surface area contributed by atoms with E-state index < -0.39 is 35.9 Å². The SMILES string of the molecule is CC(C)CC(NC(=O)C(Cc1ccccc1)NC(=O)C1CCCN1C(=O)CN)C(=O)O. The summed E-state index contributed by atoms with van der Waals surface area (Å²) < 4.78 is 0. The van der Waals surface area contributed by atoms with Crippen LogP contribution in [0.4, 0.5) is 0 Å². The number of hydrogen-bond acceptors (Lipinski definition) is 5. The molecule has 1 aromatic rings. The summed E-state index contributed by atoms with van der Waals surface area (Å²) in [5.41, 5.74) is 6.27. The van der Waals surface area contributed by atoms with Crippen LogP contribution in [-0.2, 0) is 25.6 Å². The molecule has 2 rings (SSSR count). The van der Waals surface area contributed by atoms with Crippen LogP contribution in [0.15, 0.2) is 30.3 Å². The Labute approximate surface area is 182 Å². The zero-order valence-electron chi connectivity index (χ0n) is 18.0. The fourth-order valence-corrected chi connectivity index (χ4v) is 3.75. The number of rotatable bonds is 10. The van der Waals surface area contributed by atoms with Gasteiger partial charge in [0.05, 0.1) is 6.54 Å². The molecule has 0 aromatic heterocycles. The maximum Gasteiger partial charge on any atom is 0.326 e. The lowest BCUT2D eigenvalue weighted by atomic mass is 10.0. The van der Waals surface area contributed by atoms with E-state index in [9.17, 15) is 24.3 Å². The molecule has 0 radical (unpaired) electrons. The molecule has 9 heteroatoms. The van der Waals surface area contributed by atoms with Crippen molar-refractivity contribution in [3.63, 3.8) is 0 Å². The van der Waals surface area contributed by atoms with Gasteiger partial charge in [0.25, 0.3) is 0 Å². The van der Waals surface area contributed by atoms with Gasteiger partial charge in [-0.05, 0) is 30.7 Å². The fraction of sp³-hybridized carbons (Fsp3) is 0.545. The standard InChI is InChI=1S/C22H32N4O5/c1-14(2)11-17(22(30)31)25-20(28)16(12-15-7-4-3-5-8-15)24-21(29)18-9-6-10-26(18)19(27)13-23/h3-5,7-8,14,16-18H,6,9-13,23H2,1-2H3,(H,24,29)(H,25,28)(H,30,31). The van der Waals surface area contributed by atoms with Crippen LogP contribution in [0.5, 0.6) is 0 Å². The minimum Gasteiger partial charge on any atom is -0.480 e. The van der Waals surface area contributed by atoms with Gasteiger partial charge in [-0.3, -0.25) is 14.4 Å². The molecular formula is C22H32N4O5. The molecule has 1 heterocycles. The van der Waals surface area contributed by atoms with Crippen molar-refractivity contribution in [2.45, 2.75) is 57.7 Å². The highest BCUT2D eigenvalue weighted by molar-refractivity contribution is 5.94. The van der Waals surface area contributed by atoms with Crippen molar-refractivity contribution >= 4 is 23.7 Å². The number of nitrogens with two attached hydrogens (primary N) is 1. The quantitative estimate of drug-likeness (QED) is 0.418. The predicted octanol–water partition coefficient (Wildman–Crippen LogP) is 0.279. The number of likely N-dealkylation sites (tertiary alicyclic amines) is 1. The molecule has 0 bridgehead atoms. The highest BCUT2D eigenvalue weighted by atomic mass is 16.4. The lowest BCUT2D eigenvalue weighted by Crippen LogP contribution is -2.56. The predicted molar refractivity (Wildman–Crippen MR) is 115 cm³/mol. The average molecular weight is 433 g/mol. The molecule has 0 saturated carbocycles. The molecule has 3 atom stereocenters. The lowest BCUT2D eigenvalue weighted by Gasteiger charge is -2.27. The monoisotopic (exact) mass is 432 g/mol. The molecular weight excluding hydrogens is 400 g/mol. The molecule has 5 N–H and O–H groups in total. The van der Waals surface area contributed by atoms with Gasteiger partial charge in [0.15, 0.2) is 0 Å². The maximum atomic E-state index is 13.0. The van der Waals surface area contributed by atoms with E-state index in [-0.39, 0.29) is 31.2 Å². The summed E-state index contributed by atoms with van der Waals surface area (Å²) in [6.07, 6.45) is 1.63. The van der Waals surface area contributed by atoms with E-state index >= 15 is 0 Å². The van der Waals surface area contributed by atoms with Gasteiger partial charge < -0.3 is 26.4 Å². The number of carbonyl (C=O) groups is 4. The van der Waals surface area contributed by atoms with Crippen molar-refractivity contribution in [3.05, 3.63) is 35.9 Å². The van der Waals surface area contributed by atoms with Crippen LogP contribution in [0.2, 0.25) is 0 Å². The average Bonchev–Trinajstić information content (AvgIpc) is 3.22. The lowest BCUT2D eigenvalue weighted by molar-refractivity contribution is -0.143. The van der Waals surface area contributed by atoms with Gasteiger partial charge in [-0.1, -0.05) is 44.2 Å². The van der Waals surface area contributed by atoms with Crippen LogP contribution in [0.25, 0.3) is 0 Å². The molecule has 1 aromatic carbocycles. The van der Waals surface area contributed by atoms with Crippen molar-refractivity contribution in [1.29, 1.82) is 0 Å². The Balaban J connectivity index is 2.17. The number of carboxylic acid groups (broad SMARTS) is 1. The maximum absolute atomic E-state index is 13.0. The molecule has 1 fully saturated rings. The third-order valence-corrected chi connectivity index (χ3v) is 5.29. The summed E-state index contributed by atoms with van der Waals surface area (Å²) in [5.74, 6) is -2.38. The topological polar surface area (TPSA) is 142 Å². The van der Waals surface area contributed by atoms with E-state index in [0.717, 1.165) is 5.56 Å². The van der Waals surface area contributed by atoms with E-state index in [1.807, 2.05) is 44.2 Å². The minimum absolute atomic E-state index is 0.0675. The summed E-state index contributed by atoms with van der Waals surface area (Å²) in [7, 11) is 0. The molecule has 170 valence electrons. The molecule has 31 heavy (non-hydrogen) atoms. The summed E-state index contributed by atoms with van der Waals surface area (Å²) in [6, 6.07) is 6.43. The normalized spacial score (nSPS) is 17.8. The van der Waals surface area contributed by atoms with E-state index in [1.165, 1.54) is 4.90 Å². The molecule has 1 saturated heterocycles. The molecule has 1 aliphatic heterocycles. The number of benzene rings is 1. The van der Waals surface area contributed by atoms with E-state index in [4.69, 9.17) is 5.73 Å². The van der Waals surface area contributed by atoms with Gasteiger partial charge in [0.2, 0.25) is 17.7 Å². The van der Waals surface area contributed by atoms with Gasteiger partial charge in [-0.25, -0.2) is 4.79 Å². The Morgan fingerprint density at radius 3 is 2.39 bits per heavy atom. The third kappa shape index (κ3) is 7.06. The van der Waals surface area contributed by atoms with E-state index in [0.29, 0.717) is 19.4 Å². The van der Waals surface area contributed by atoms with Gasteiger partial charge in [0, 0.05) is 13.0 Å². The second-order valence-corrected chi connectivity index (χ2v) is 8.23. The first-order chi connectivity index (χ1) is 14.7. The first-order valence-electron chi connectivity index (χ1n) is 10.6. The zero-order chi connectivity index (χ0) is 23.0. The first-order valence-corrected chi connectivity index (χ1v) is 10.6. The number of carbonyl (C=O) groups excluding carboxylic acids is 3. The zero-order valence-corrected chi connectivity index (χ0v) is 18.0. The summed E-state index contributed by atoms with van der Waals surface area (Å²) in [6.45, 7) is 4.00. The number of aliphatic carboxylic acids is 1. The molecule has 1 aliphatic rings. The van der Waals surface area contributed by atoms with Crippen LogP contribution < -0.4 is 16.4 Å². The van der Waals surface area contributed by atoms with Crippen LogP contribution in [-0.4, -0.2) is 64.9 Å². The van der Waals surface area contributed by atoms with Crippen LogP contribution in [0.1, 0.15) is 38.7 Å². The van der Waals surface area contributed by atoms with Crippen LogP contribution >= 0.6 is 0 Å². The number of carboxylic acids is 1. The van der Waals surface area contributed by atoms with Crippen molar-refractivity contribution in [2.24, 2.45) is 11.7 Å². The van der Waals surface area contributed by atoms with Crippen LogP contribution in [0, 0.1) is 5.92 Å². The minimum atomic E-state index is -1.12. The number of hydrogen-bond donors (Lipinski definition) is 4. The second kappa shape index (κ2) is 11.5. The van der Waals surface area contributed by atoms with Gasteiger partial charge in [0.1, 0.15) is 18.1 Å². The van der Waals surface area contributed by atoms with Gasteiger partial charge in [-0.2, -0.15) is 0 Å². The molecule has 3 amide bonds. The van der Waals surface area contributed by atoms with Crippen LogP contribution in [0.3, 0.4) is 0 Å². The number of nitrogens with zero attached hydrogens (tertiary/aromatic N) is 1. The Kier molecular flexibility index (Phi) is 8.99. The molecule has 3 unspecified atom stereocenters. The van der Waals surface area contributed by atoms with Gasteiger partial charge >= 0.3 is 5.97 Å². The fourth-order valence-electron chi connectivity index (χ4n) is 3.75. The summed E-state index contributed by atoms with van der Waals surface area (Å²) in [4.78, 5) is 51.0. The Morgan fingerprint density at radius 2 is 1.81 bits per heavy atom. The van der Waals surface area contributed by atoms with Crippen molar-refractivity contribution in [2.75, 3.05) is 13.1 Å². The van der Waals surface area contributed by atoms with E-state index in [2.05, 4.69) is 10.6 Å². The molecule has 0 spiro atoms. The van der Waals surface area contributed by atoms with Gasteiger partial charge in [-0.15, -0.1) is 0 Å². The highest BCUT2D eigenvalue weighted by Gasteiger charge is 2.36.